The normalized spacial score (nSPS) is 12.9. The Bertz CT molecular complexity index is 1810. The molecular formula is C34H44ClFN10O. The smallest absolute Gasteiger partial charge is 0.354 e. The molecule has 0 saturated heterocycles. The molecule has 0 fully saturated rings. The van der Waals surface area contributed by atoms with Crippen LogP contribution < -0.4 is 27.8 Å². The summed E-state index contributed by atoms with van der Waals surface area (Å²) < 4.78 is 16.5. The number of amidine groups is 1. The van der Waals surface area contributed by atoms with Crippen LogP contribution in [0.2, 0.25) is 5.02 Å². The first-order valence-electron chi connectivity index (χ1n) is 15.7. The fraction of sp³-hybridized carbons (Fsp3) is 0.353. The van der Waals surface area contributed by atoms with E-state index in [9.17, 15) is 4.79 Å². The first kappa shape index (κ1) is 35.3. The highest BCUT2D eigenvalue weighted by molar-refractivity contribution is 6.31. The number of imidazole rings is 1. The largest absolute Gasteiger partial charge is 0.388 e. The summed E-state index contributed by atoms with van der Waals surface area (Å²) in [7, 11) is 1.82. The third-order valence-corrected chi connectivity index (χ3v) is 7.84. The molecule has 5 aromatic rings. The SMILES string of the molecule is CC(N)=NCCCNC(C)c1ccc(-n2cc3cc(-c4cc(CCCC(C)N)cc(Cl)c4F)[nH]c3nc2=O)cc1.CNc1ncc[nH]1. The molecule has 0 radical (unpaired) electrons. The van der Waals surface area contributed by atoms with Gasteiger partial charge in [-0.15, -0.1) is 0 Å². The Balaban J connectivity index is 0.000000632. The van der Waals surface area contributed by atoms with Crippen LogP contribution in [0, 0.1) is 5.82 Å². The third-order valence-electron chi connectivity index (χ3n) is 7.56. The molecule has 8 N–H and O–H groups in total. The van der Waals surface area contributed by atoms with Crippen molar-refractivity contribution in [1.82, 2.24) is 29.8 Å². The number of hydrogen-bond acceptors (Lipinski definition) is 7. The molecule has 0 amide bonds. The van der Waals surface area contributed by atoms with Gasteiger partial charge in [-0.3, -0.25) is 9.56 Å². The van der Waals surface area contributed by atoms with Gasteiger partial charge in [0.1, 0.15) is 5.65 Å². The van der Waals surface area contributed by atoms with Crippen LogP contribution in [0.25, 0.3) is 28.0 Å². The highest BCUT2D eigenvalue weighted by Gasteiger charge is 2.16. The molecule has 13 heteroatoms. The molecule has 0 aliphatic rings. The molecule has 250 valence electrons. The molecule has 11 nitrogen and oxygen atoms in total. The molecular weight excluding hydrogens is 619 g/mol. The highest BCUT2D eigenvalue weighted by Crippen LogP contribution is 2.31. The van der Waals surface area contributed by atoms with Gasteiger partial charge in [-0.1, -0.05) is 23.7 Å². The molecule has 2 unspecified atom stereocenters. The summed E-state index contributed by atoms with van der Waals surface area (Å²) in [5.74, 6) is 0.886. The number of nitrogens with zero attached hydrogens (tertiary/aromatic N) is 4. The lowest BCUT2D eigenvalue weighted by atomic mass is 10.0. The van der Waals surface area contributed by atoms with Crippen LogP contribution in [0.15, 0.2) is 70.8 Å². The summed E-state index contributed by atoms with van der Waals surface area (Å²) in [5.41, 5.74) is 15.0. The molecule has 47 heavy (non-hydrogen) atoms. The fourth-order valence-electron chi connectivity index (χ4n) is 5.03. The van der Waals surface area contributed by atoms with Crippen LogP contribution in [0.5, 0.6) is 0 Å². The van der Waals surface area contributed by atoms with Gasteiger partial charge in [0, 0.05) is 55.2 Å². The molecule has 3 heterocycles. The molecule has 3 aromatic heterocycles. The van der Waals surface area contributed by atoms with Gasteiger partial charge < -0.3 is 32.1 Å². The van der Waals surface area contributed by atoms with Crippen molar-refractivity contribution in [3.8, 4) is 16.9 Å². The number of aliphatic imine (C=N–C) groups is 1. The highest BCUT2D eigenvalue weighted by atomic mass is 35.5. The predicted molar refractivity (Wildman–Crippen MR) is 190 cm³/mol. The average molecular weight is 663 g/mol. The van der Waals surface area contributed by atoms with E-state index in [4.69, 9.17) is 23.1 Å². The van der Waals surface area contributed by atoms with E-state index in [1.54, 1.807) is 43.7 Å². The number of anilines is 1. The predicted octanol–water partition coefficient (Wildman–Crippen LogP) is 5.71. The maximum atomic E-state index is 15.0. The van der Waals surface area contributed by atoms with Crippen LogP contribution in [0.3, 0.4) is 0 Å². The Hall–Kier alpha value is -4.52. The second-order valence-electron chi connectivity index (χ2n) is 11.5. The maximum absolute atomic E-state index is 15.0. The second kappa shape index (κ2) is 16.9. The lowest BCUT2D eigenvalue weighted by molar-refractivity contribution is 0.562. The minimum absolute atomic E-state index is 0.0578. The zero-order valence-electron chi connectivity index (χ0n) is 27.3. The Morgan fingerprint density at radius 3 is 2.57 bits per heavy atom. The number of aromatic nitrogens is 5. The van der Waals surface area contributed by atoms with Gasteiger partial charge in [-0.05, 0) is 94.5 Å². The van der Waals surface area contributed by atoms with Gasteiger partial charge in [0.25, 0.3) is 0 Å². The zero-order chi connectivity index (χ0) is 33.9. The number of benzene rings is 2. The zero-order valence-corrected chi connectivity index (χ0v) is 28.0. The number of aromatic amines is 2. The van der Waals surface area contributed by atoms with E-state index in [1.807, 2.05) is 38.2 Å². The van der Waals surface area contributed by atoms with E-state index < -0.39 is 11.5 Å². The minimum atomic E-state index is -0.514. The van der Waals surface area contributed by atoms with E-state index in [0.717, 1.165) is 49.3 Å². The number of fused-ring (bicyclic) bond motifs is 1. The van der Waals surface area contributed by atoms with E-state index in [-0.39, 0.29) is 17.1 Å². The van der Waals surface area contributed by atoms with Crippen molar-refractivity contribution in [2.75, 3.05) is 25.5 Å². The van der Waals surface area contributed by atoms with Crippen molar-refractivity contribution in [3.05, 3.63) is 93.5 Å². The van der Waals surface area contributed by atoms with Crippen molar-refractivity contribution in [1.29, 1.82) is 0 Å². The summed E-state index contributed by atoms with van der Waals surface area (Å²) in [6.07, 6.45) is 8.57. The fourth-order valence-corrected chi connectivity index (χ4v) is 5.28. The Morgan fingerprint density at radius 1 is 1.17 bits per heavy atom. The van der Waals surface area contributed by atoms with Crippen LogP contribution in [0.1, 0.15) is 57.2 Å². The van der Waals surface area contributed by atoms with E-state index in [2.05, 4.69) is 42.5 Å². The molecule has 0 aliphatic heterocycles. The Labute approximate surface area is 279 Å². The number of nitrogens with one attached hydrogen (secondary N) is 4. The number of nitrogens with two attached hydrogens (primary N) is 2. The van der Waals surface area contributed by atoms with Gasteiger partial charge in [0.15, 0.2) is 11.8 Å². The molecule has 0 aliphatic carbocycles. The molecule has 2 aromatic carbocycles. The third kappa shape index (κ3) is 9.98. The van der Waals surface area contributed by atoms with E-state index >= 15 is 4.39 Å². The van der Waals surface area contributed by atoms with Gasteiger partial charge >= 0.3 is 5.69 Å². The number of aryl methyl sites for hydroxylation is 1. The summed E-state index contributed by atoms with van der Waals surface area (Å²) >= 11 is 6.23. The summed E-state index contributed by atoms with van der Waals surface area (Å²) in [6, 6.07) is 13.2. The van der Waals surface area contributed by atoms with Crippen LogP contribution in [-0.2, 0) is 6.42 Å². The quantitative estimate of drug-likeness (QED) is 0.0533. The summed E-state index contributed by atoms with van der Waals surface area (Å²) in [5, 5.41) is 7.05. The average Bonchev–Trinajstić information content (AvgIpc) is 3.72. The summed E-state index contributed by atoms with van der Waals surface area (Å²) in [4.78, 5) is 31.1. The lowest BCUT2D eigenvalue weighted by Gasteiger charge is -2.15. The maximum Gasteiger partial charge on any atom is 0.354 e. The van der Waals surface area contributed by atoms with Gasteiger partial charge in [-0.25, -0.2) is 14.2 Å². The van der Waals surface area contributed by atoms with Crippen LogP contribution in [-0.4, -0.2) is 56.5 Å². The molecule has 2 atom stereocenters. The number of H-pyrrole nitrogens is 2. The summed E-state index contributed by atoms with van der Waals surface area (Å²) in [6.45, 7) is 7.35. The molecule has 0 bridgehead atoms. The number of hydrogen-bond donors (Lipinski definition) is 6. The standard InChI is InChI=1S/C30H37ClFN7O.C4H7N3/c1-18(33)6-4-7-21-14-25(28(32)26(31)15-21)27-16-23-17-39(30(40)38-29(23)37-27)24-10-8-22(9-11-24)19(2)35-12-5-13-36-20(3)34;1-5-4-6-2-3-7-4/h8-11,14-19,35H,4-7,12-13,33H2,1-3H3,(H2,34,36)(H,37,38,40);2-3H,1H3,(H2,5,6,7). The number of halogens is 2. The number of rotatable bonds is 13. The van der Waals surface area contributed by atoms with Crippen molar-refractivity contribution in [3.63, 3.8) is 0 Å². The van der Waals surface area contributed by atoms with Gasteiger partial charge in [0.05, 0.1) is 22.2 Å². The lowest BCUT2D eigenvalue weighted by Crippen LogP contribution is -2.22. The second-order valence-corrected chi connectivity index (χ2v) is 11.9. The monoisotopic (exact) mass is 662 g/mol. The first-order chi connectivity index (χ1) is 22.5. The van der Waals surface area contributed by atoms with E-state index in [0.29, 0.717) is 40.4 Å². The molecule has 0 spiro atoms. The molecule has 5 rings (SSSR count). The van der Waals surface area contributed by atoms with Crippen molar-refractivity contribution < 1.29 is 4.39 Å². The minimum Gasteiger partial charge on any atom is -0.388 e. The van der Waals surface area contributed by atoms with Crippen molar-refractivity contribution in [2.24, 2.45) is 16.5 Å². The van der Waals surface area contributed by atoms with Crippen molar-refractivity contribution in [2.45, 2.75) is 58.5 Å². The topological polar surface area (TPSA) is 168 Å². The Kier molecular flexibility index (Phi) is 12.7. The van der Waals surface area contributed by atoms with Gasteiger partial charge in [0.2, 0.25) is 0 Å². The van der Waals surface area contributed by atoms with Crippen LogP contribution in [0.4, 0.5) is 10.3 Å². The van der Waals surface area contributed by atoms with Crippen LogP contribution >= 0.6 is 11.6 Å². The van der Waals surface area contributed by atoms with Crippen molar-refractivity contribution >= 4 is 34.4 Å². The van der Waals surface area contributed by atoms with E-state index in [1.165, 1.54) is 4.57 Å². The molecule has 0 saturated carbocycles. The first-order valence-corrected chi connectivity index (χ1v) is 16.1. The van der Waals surface area contributed by atoms with Gasteiger partial charge in [-0.2, -0.15) is 4.98 Å². The Morgan fingerprint density at radius 2 is 1.94 bits per heavy atom.